The highest BCUT2D eigenvalue weighted by Crippen LogP contribution is 2.37. The highest BCUT2D eigenvalue weighted by molar-refractivity contribution is 6.35. The number of carbonyl (C=O) groups excluding carboxylic acids is 1. The number of anilines is 2. The molecule has 0 radical (unpaired) electrons. The van der Waals surface area contributed by atoms with Crippen LogP contribution in [0.25, 0.3) is 11.0 Å². The van der Waals surface area contributed by atoms with Crippen molar-refractivity contribution in [3.05, 3.63) is 52.8 Å². The van der Waals surface area contributed by atoms with Crippen molar-refractivity contribution < 1.29 is 18.3 Å². The van der Waals surface area contributed by atoms with Crippen LogP contribution in [0, 0.1) is 11.2 Å². The number of esters is 1. The van der Waals surface area contributed by atoms with Crippen LogP contribution in [0.2, 0.25) is 5.02 Å². The van der Waals surface area contributed by atoms with Gasteiger partial charge in [0.15, 0.2) is 5.58 Å². The molecule has 0 saturated heterocycles. The Morgan fingerprint density at radius 3 is 2.44 bits per heavy atom. The highest BCUT2D eigenvalue weighted by atomic mass is 35.5. The van der Waals surface area contributed by atoms with E-state index in [1.165, 1.54) is 50.9 Å². The first-order chi connectivity index (χ1) is 17.2. The predicted molar refractivity (Wildman–Crippen MR) is 145 cm³/mol. The van der Waals surface area contributed by atoms with Crippen molar-refractivity contribution in [1.29, 1.82) is 0 Å². The largest absolute Gasteiger partial charge is 0.460 e. The topological polar surface area (TPSA) is 64.4 Å². The molecule has 0 atom stereocenters. The molecule has 7 heteroatoms. The summed E-state index contributed by atoms with van der Waals surface area (Å²) in [4.78, 5) is 16.5. The van der Waals surface area contributed by atoms with Gasteiger partial charge in [0.05, 0.1) is 17.7 Å². The average molecular weight is 517 g/mol. The number of halogens is 2. The monoisotopic (exact) mass is 516 g/mol. The van der Waals surface area contributed by atoms with E-state index in [1.54, 1.807) is 19.1 Å². The SMILES string of the molecule is CCOC(=O)c1oc2c(Cl)cncc2c1Nc1ccc(CCCCCCCCCC(C)(C)C)cc1F. The van der Waals surface area contributed by atoms with Crippen molar-refractivity contribution in [3.8, 4) is 0 Å². The Kier molecular flexibility index (Phi) is 10.2. The van der Waals surface area contributed by atoms with Crippen LogP contribution in [0.15, 0.2) is 35.0 Å². The van der Waals surface area contributed by atoms with Crippen molar-refractivity contribution in [3.63, 3.8) is 0 Å². The Morgan fingerprint density at radius 2 is 1.78 bits per heavy atom. The number of aryl methyl sites for hydroxylation is 1. The van der Waals surface area contributed by atoms with Crippen LogP contribution in [0.3, 0.4) is 0 Å². The molecule has 0 aliphatic carbocycles. The Morgan fingerprint density at radius 1 is 1.08 bits per heavy atom. The highest BCUT2D eigenvalue weighted by Gasteiger charge is 2.24. The number of unbranched alkanes of at least 4 members (excludes halogenated alkanes) is 6. The maximum Gasteiger partial charge on any atom is 0.376 e. The van der Waals surface area contributed by atoms with Gasteiger partial charge in [0, 0.05) is 12.4 Å². The third kappa shape index (κ3) is 7.95. The molecule has 196 valence electrons. The van der Waals surface area contributed by atoms with Gasteiger partial charge in [-0.3, -0.25) is 4.98 Å². The number of hydrogen-bond donors (Lipinski definition) is 1. The lowest BCUT2D eigenvalue weighted by atomic mass is 9.89. The van der Waals surface area contributed by atoms with E-state index in [-0.39, 0.29) is 28.8 Å². The molecule has 0 aliphatic rings. The minimum Gasteiger partial charge on any atom is -0.460 e. The van der Waals surface area contributed by atoms with Crippen LogP contribution in [0.1, 0.15) is 95.2 Å². The second-order valence-electron chi connectivity index (χ2n) is 10.5. The van der Waals surface area contributed by atoms with Gasteiger partial charge in [-0.25, -0.2) is 9.18 Å². The summed E-state index contributed by atoms with van der Waals surface area (Å²) in [6, 6.07) is 5.15. The maximum absolute atomic E-state index is 15.0. The maximum atomic E-state index is 15.0. The van der Waals surface area contributed by atoms with Gasteiger partial charge in [-0.05, 0) is 49.3 Å². The van der Waals surface area contributed by atoms with Crippen molar-refractivity contribution in [1.82, 2.24) is 4.98 Å². The third-order valence-corrected chi connectivity index (χ3v) is 6.47. The van der Waals surface area contributed by atoms with E-state index in [0.717, 1.165) is 24.8 Å². The van der Waals surface area contributed by atoms with Gasteiger partial charge in [-0.1, -0.05) is 77.0 Å². The van der Waals surface area contributed by atoms with Crippen molar-refractivity contribution >= 4 is 39.9 Å². The summed E-state index contributed by atoms with van der Waals surface area (Å²) >= 11 is 6.19. The predicted octanol–water partition coefficient (Wildman–Crippen LogP) is 9.25. The van der Waals surface area contributed by atoms with Gasteiger partial charge in [0.25, 0.3) is 0 Å². The number of nitrogens with one attached hydrogen (secondary N) is 1. The van der Waals surface area contributed by atoms with Gasteiger partial charge < -0.3 is 14.5 Å². The summed E-state index contributed by atoms with van der Waals surface area (Å²) in [5.41, 5.74) is 2.20. The quantitative estimate of drug-likeness (QED) is 0.181. The first-order valence-corrected chi connectivity index (χ1v) is 13.4. The number of rotatable bonds is 13. The van der Waals surface area contributed by atoms with Gasteiger partial charge >= 0.3 is 5.97 Å². The fourth-order valence-electron chi connectivity index (χ4n) is 4.26. The minimum atomic E-state index is -0.654. The Hall–Kier alpha value is -2.60. The summed E-state index contributed by atoms with van der Waals surface area (Å²) < 4.78 is 25.8. The third-order valence-electron chi connectivity index (χ3n) is 6.20. The lowest BCUT2D eigenvalue weighted by molar-refractivity contribution is 0.0494. The fourth-order valence-corrected chi connectivity index (χ4v) is 4.46. The fraction of sp³-hybridized carbons (Fsp3) is 0.517. The normalized spacial score (nSPS) is 11.7. The van der Waals surface area contributed by atoms with Crippen molar-refractivity contribution in [2.45, 2.75) is 85.5 Å². The Balaban J connectivity index is 1.55. The lowest BCUT2D eigenvalue weighted by Crippen LogP contribution is -2.06. The second kappa shape index (κ2) is 13.1. The van der Waals surface area contributed by atoms with Gasteiger partial charge in [-0.2, -0.15) is 0 Å². The minimum absolute atomic E-state index is 0.0661. The van der Waals surface area contributed by atoms with Crippen LogP contribution in [-0.4, -0.2) is 17.6 Å². The number of furan rings is 1. The van der Waals surface area contributed by atoms with E-state index in [4.69, 9.17) is 20.8 Å². The second-order valence-corrected chi connectivity index (χ2v) is 10.9. The molecule has 3 aromatic rings. The molecule has 0 bridgehead atoms. The number of ether oxygens (including phenoxy) is 1. The number of fused-ring (bicyclic) bond motifs is 1. The van der Waals surface area contributed by atoms with Gasteiger partial charge in [-0.15, -0.1) is 0 Å². The molecule has 36 heavy (non-hydrogen) atoms. The van der Waals surface area contributed by atoms with Crippen molar-refractivity contribution in [2.24, 2.45) is 5.41 Å². The molecule has 1 N–H and O–H groups in total. The molecule has 0 unspecified atom stereocenters. The van der Waals surface area contributed by atoms with E-state index < -0.39 is 11.8 Å². The van der Waals surface area contributed by atoms with Crippen LogP contribution in [0.5, 0.6) is 0 Å². The Bertz CT molecular complexity index is 1150. The number of hydrogen-bond acceptors (Lipinski definition) is 5. The molecule has 0 aliphatic heterocycles. The van der Waals surface area contributed by atoms with E-state index in [0.29, 0.717) is 16.4 Å². The smallest absolute Gasteiger partial charge is 0.376 e. The molecule has 5 nitrogen and oxygen atoms in total. The first-order valence-electron chi connectivity index (χ1n) is 13.0. The van der Waals surface area contributed by atoms with E-state index in [9.17, 15) is 9.18 Å². The zero-order valence-electron chi connectivity index (χ0n) is 21.9. The number of carbonyl (C=O) groups is 1. The van der Waals surface area contributed by atoms with Crippen LogP contribution in [-0.2, 0) is 11.2 Å². The number of nitrogens with zero attached hydrogens (tertiary/aromatic N) is 1. The molecule has 1 aromatic carbocycles. The van der Waals surface area contributed by atoms with E-state index >= 15 is 0 Å². The van der Waals surface area contributed by atoms with Crippen LogP contribution >= 0.6 is 11.6 Å². The number of pyridine rings is 1. The molecule has 0 amide bonds. The standard InChI is InChI=1S/C29H38ClFN2O3/c1-5-35-28(34)27-25(21-18-32-19-22(30)26(21)36-27)33-24-15-14-20(17-23(24)31)13-11-9-7-6-8-10-12-16-29(2,3)4/h14-15,17-19,33H,5-13,16H2,1-4H3. The molecule has 2 aromatic heterocycles. The molecular weight excluding hydrogens is 479 g/mol. The zero-order valence-corrected chi connectivity index (χ0v) is 22.6. The summed E-state index contributed by atoms with van der Waals surface area (Å²) in [6.45, 7) is 8.78. The molecular formula is C29H38ClFN2O3. The van der Waals surface area contributed by atoms with Gasteiger partial charge in [0.1, 0.15) is 16.5 Å². The first kappa shape index (κ1) is 28.0. The average Bonchev–Trinajstić information content (AvgIpc) is 3.19. The molecule has 3 rings (SSSR count). The summed E-state index contributed by atoms with van der Waals surface area (Å²) in [5.74, 6) is -1.12. The zero-order chi connectivity index (χ0) is 26.1. The lowest BCUT2D eigenvalue weighted by Gasteiger charge is -2.17. The van der Waals surface area contributed by atoms with Crippen LogP contribution in [0.4, 0.5) is 15.8 Å². The van der Waals surface area contributed by atoms with E-state index in [2.05, 4.69) is 31.1 Å². The molecule has 0 fully saturated rings. The molecule has 2 heterocycles. The number of aromatic nitrogens is 1. The molecule has 0 saturated carbocycles. The molecule has 0 spiro atoms. The summed E-state index contributed by atoms with van der Waals surface area (Å²) in [6.07, 6.45) is 13.7. The van der Waals surface area contributed by atoms with E-state index in [1.807, 2.05) is 6.07 Å². The number of benzene rings is 1. The summed E-state index contributed by atoms with van der Waals surface area (Å²) in [7, 11) is 0. The van der Waals surface area contributed by atoms with Crippen LogP contribution < -0.4 is 5.32 Å². The summed E-state index contributed by atoms with van der Waals surface area (Å²) in [5, 5.41) is 3.73. The van der Waals surface area contributed by atoms with Gasteiger partial charge in [0.2, 0.25) is 5.76 Å². The van der Waals surface area contributed by atoms with Crippen molar-refractivity contribution in [2.75, 3.05) is 11.9 Å². The Labute approximate surface area is 218 Å².